The van der Waals surface area contributed by atoms with Crippen LogP contribution < -0.4 is 4.74 Å². The number of methoxy groups -OCH3 is 1. The van der Waals surface area contributed by atoms with Crippen LogP contribution in [-0.2, 0) is 11.2 Å². The highest BCUT2D eigenvalue weighted by Gasteiger charge is 2.05. The van der Waals surface area contributed by atoms with Crippen molar-refractivity contribution in [2.75, 3.05) is 13.7 Å². The summed E-state index contributed by atoms with van der Waals surface area (Å²) in [7, 11) is 1.68. The molecule has 2 rings (SSSR count). The lowest BCUT2D eigenvalue weighted by molar-refractivity contribution is 0.112. The van der Waals surface area contributed by atoms with Crippen molar-refractivity contribution in [3.05, 3.63) is 58.6 Å². The molecule has 0 aliphatic carbocycles. The predicted molar refractivity (Wildman–Crippen MR) is 78.9 cm³/mol. The van der Waals surface area contributed by atoms with Crippen LogP contribution in [0.3, 0.4) is 0 Å². The summed E-state index contributed by atoms with van der Waals surface area (Å²) in [5, 5.41) is 0.509. The van der Waals surface area contributed by atoms with E-state index in [0.29, 0.717) is 28.7 Å². The Balaban J connectivity index is 2.12. The number of benzene rings is 2. The molecule has 0 bridgehead atoms. The molecule has 2 aromatic rings. The van der Waals surface area contributed by atoms with Gasteiger partial charge in [-0.15, -0.1) is 0 Å². The standard InChI is InChI=1S/C16H15ClO3/c1-19-9-8-12-2-5-15(6-3-12)20-16-7-4-14(17)10-13(16)11-18/h2-7,10-11H,8-9H2,1H3. The zero-order valence-electron chi connectivity index (χ0n) is 11.1. The van der Waals surface area contributed by atoms with Crippen LogP contribution in [-0.4, -0.2) is 20.0 Å². The molecular formula is C16H15ClO3. The van der Waals surface area contributed by atoms with Crippen molar-refractivity contribution >= 4 is 17.9 Å². The van der Waals surface area contributed by atoms with Crippen molar-refractivity contribution < 1.29 is 14.3 Å². The Bertz CT molecular complexity index is 579. The summed E-state index contributed by atoms with van der Waals surface area (Å²) < 4.78 is 10.7. The number of ether oxygens (including phenoxy) is 2. The van der Waals surface area contributed by atoms with Gasteiger partial charge in [-0.05, 0) is 42.3 Å². The minimum absolute atomic E-state index is 0.431. The summed E-state index contributed by atoms with van der Waals surface area (Å²) in [6.07, 6.45) is 1.59. The average molecular weight is 291 g/mol. The quantitative estimate of drug-likeness (QED) is 0.750. The molecule has 0 aliphatic heterocycles. The smallest absolute Gasteiger partial charge is 0.153 e. The molecule has 4 heteroatoms. The molecule has 0 saturated heterocycles. The zero-order valence-corrected chi connectivity index (χ0v) is 11.9. The number of aldehydes is 1. The number of hydrogen-bond acceptors (Lipinski definition) is 3. The van der Waals surface area contributed by atoms with E-state index in [2.05, 4.69) is 0 Å². The molecule has 20 heavy (non-hydrogen) atoms. The van der Waals surface area contributed by atoms with Gasteiger partial charge in [0.25, 0.3) is 0 Å². The van der Waals surface area contributed by atoms with Gasteiger partial charge >= 0.3 is 0 Å². The van der Waals surface area contributed by atoms with Crippen molar-refractivity contribution in [1.82, 2.24) is 0 Å². The number of carbonyl (C=O) groups excluding carboxylic acids is 1. The third-order valence-electron chi connectivity index (χ3n) is 2.84. The predicted octanol–water partition coefficient (Wildman–Crippen LogP) is 4.13. The van der Waals surface area contributed by atoms with E-state index >= 15 is 0 Å². The molecule has 0 saturated carbocycles. The van der Waals surface area contributed by atoms with Crippen molar-refractivity contribution in [1.29, 1.82) is 0 Å². The second-order valence-electron chi connectivity index (χ2n) is 4.29. The molecule has 104 valence electrons. The normalized spacial score (nSPS) is 10.3. The molecule has 0 unspecified atom stereocenters. The minimum Gasteiger partial charge on any atom is -0.457 e. The molecule has 0 heterocycles. The first-order valence-electron chi connectivity index (χ1n) is 6.23. The lowest BCUT2D eigenvalue weighted by Gasteiger charge is -2.09. The largest absolute Gasteiger partial charge is 0.457 e. The molecule has 0 radical (unpaired) electrons. The maximum Gasteiger partial charge on any atom is 0.153 e. The van der Waals surface area contributed by atoms with E-state index in [1.54, 1.807) is 25.3 Å². The maximum absolute atomic E-state index is 11.0. The highest BCUT2D eigenvalue weighted by atomic mass is 35.5. The van der Waals surface area contributed by atoms with E-state index in [0.717, 1.165) is 12.7 Å². The summed E-state index contributed by atoms with van der Waals surface area (Å²) in [4.78, 5) is 11.0. The van der Waals surface area contributed by atoms with Crippen LogP contribution in [0.25, 0.3) is 0 Å². The topological polar surface area (TPSA) is 35.5 Å². The maximum atomic E-state index is 11.0. The van der Waals surface area contributed by atoms with E-state index in [1.165, 1.54) is 5.56 Å². The number of halogens is 1. The molecule has 0 aliphatic rings. The molecule has 3 nitrogen and oxygen atoms in total. The fourth-order valence-electron chi connectivity index (χ4n) is 1.78. The summed E-state index contributed by atoms with van der Waals surface area (Å²) in [5.74, 6) is 1.17. The second-order valence-corrected chi connectivity index (χ2v) is 4.73. The van der Waals surface area contributed by atoms with Crippen LogP contribution in [0.1, 0.15) is 15.9 Å². The number of rotatable bonds is 6. The monoisotopic (exact) mass is 290 g/mol. The van der Waals surface area contributed by atoms with Crippen molar-refractivity contribution in [3.8, 4) is 11.5 Å². The summed E-state index contributed by atoms with van der Waals surface area (Å²) in [5.41, 5.74) is 1.60. The van der Waals surface area contributed by atoms with Gasteiger partial charge in [0.2, 0.25) is 0 Å². The van der Waals surface area contributed by atoms with Crippen LogP contribution in [0.2, 0.25) is 5.02 Å². The van der Waals surface area contributed by atoms with Crippen LogP contribution in [0.4, 0.5) is 0 Å². The van der Waals surface area contributed by atoms with Gasteiger partial charge in [0, 0.05) is 12.1 Å². The van der Waals surface area contributed by atoms with E-state index in [9.17, 15) is 4.79 Å². The Labute approximate surface area is 123 Å². The second kappa shape index (κ2) is 7.08. The SMILES string of the molecule is COCCc1ccc(Oc2ccc(Cl)cc2C=O)cc1. The van der Waals surface area contributed by atoms with Crippen molar-refractivity contribution in [2.24, 2.45) is 0 Å². The Kier molecular flexibility index (Phi) is 5.16. The Hall–Kier alpha value is -1.84. The van der Waals surface area contributed by atoms with Crippen molar-refractivity contribution in [2.45, 2.75) is 6.42 Å². The Morgan fingerprint density at radius 1 is 1.15 bits per heavy atom. The Morgan fingerprint density at radius 3 is 2.55 bits per heavy atom. The van der Waals surface area contributed by atoms with E-state index in [1.807, 2.05) is 24.3 Å². The molecular weight excluding hydrogens is 276 g/mol. The lowest BCUT2D eigenvalue weighted by Crippen LogP contribution is -1.94. The first-order chi connectivity index (χ1) is 9.72. The van der Waals surface area contributed by atoms with Crippen molar-refractivity contribution in [3.63, 3.8) is 0 Å². The zero-order chi connectivity index (χ0) is 14.4. The number of carbonyl (C=O) groups is 1. The van der Waals surface area contributed by atoms with Crippen LogP contribution in [0.5, 0.6) is 11.5 Å². The van der Waals surface area contributed by atoms with Gasteiger partial charge in [-0.1, -0.05) is 23.7 Å². The van der Waals surface area contributed by atoms with E-state index < -0.39 is 0 Å². The van der Waals surface area contributed by atoms with Gasteiger partial charge in [-0.3, -0.25) is 4.79 Å². The lowest BCUT2D eigenvalue weighted by atomic mass is 10.1. The molecule has 0 fully saturated rings. The summed E-state index contributed by atoms with van der Waals surface area (Å²) in [6.45, 7) is 0.687. The van der Waals surface area contributed by atoms with Gasteiger partial charge in [-0.2, -0.15) is 0 Å². The molecule has 2 aromatic carbocycles. The van der Waals surface area contributed by atoms with Crippen LogP contribution in [0, 0.1) is 0 Å². The number of hydrogen-bond donors (Lipinski definition) is 0. The molecule has 0 N–H and O–H groups in total. The molecule has 0 spiro atoms. The van der Waals surface area contributed by atoms with Gasteiger partial charge < -0.3 is 9.47 Å². The Morgan fingerprint density at radius 2 is 1.90 bits per heavy atom. The third kappa shape index (κ3) is 3.83. The highest BCUT2D eigenvalue weighted by Crippen LogP contribution is 2.27. The molecule has 0 aromatic heterocycles. The average Bonchev–Trinajstić information content (AvgIpc) is 2.48. The van der Waals surface area contributed by atoms with Crippen LogP contribution in [0.15, 0.2) is 42.5 Å². The molecule has 0 atom stereocenters. The van der Waals surface area contributed by atoms with E-state index in [4.69, 9.17) is 21.1 Å². The van der Waals surface area contributed by atoms with Gasteiger partial charge in [-0.25, -0.2) is 0 Å². The van der Waals surface area contributed by atoms with Crippen LogP contribution >= 0.6 is 11.6 Å². The first-order valence-corrected chi connectivity index (χ1v) is 6.61. The van der Waals surface area contributed by atoms with Gasteiger partial charge in [0.05, 0.1) is 12.2 Å². The third-order valence-corrected chi connectivity index (χ3v) is 3.08. The first kappa shape index (κ1) is 14.6. The van der Waals surface area contributed by atoms with E-state index in [-0.39, 0.29) is 0 Å². The van der Waals surface area contributed by atoms with Gasteiger partial charge in [0.15, 0.2) is 6.29 Å². The molecule has 0 amide bonds. The fraction of sp³-hybridized carbons (Fsp3) is 0.188. The van der Waals surface area contributed by atoms with Gasteiger partial charge in [0.1, 0.15) is 11.5 Å². The minimum atomic E-state index is 0.431. The summed E-state index contributed by atoms with van der Waals surface area (Å²) in [6, 6.07) is 12.6. The summed E-state index contributed by atoms with van der Waals surface area (Å²) >= 11 is 5.84. The highest BCUT2D eigenvalue weighted by molar-refractivity contribution is 6.30. The fourth-order valence-corrected chi connectivity index (χ4v) is 1.96.